The van der Waals surface area contributed by atoms with Crippen molar-refractivity contribution >= 4 is 0 Å². The molecule has 82 valence electrons. The number of aryl methyl sites for hydroxylation is 3. The molecule has 15 heavy (non-hydrogen) atoms. The molecule has 0 saturated carbocycles. The van der Waals surface area contributed by atoms with Crippen molar-refractivity contribution in [1.82, 2.24) is 5.32 Å². The molecule has 0 aliphatic carbocycles. The fourth-order valence-corrected chi connectivity index (χ4v) is 2.09. The highest BCUT2D eigenvalue weighted by molar-refractivity contribution is 5.38. The zero-order valence-corrected chi connectivity index (χ0v) is 9.76. The van der Waals surface area contributed by atoms with Gasteiger partial charge in [-0.2, -0.15) is 0 Å². The summed E-state index contributed by atoms with van der Waals surface area (Å²) < 4.78 is 5.78. The van der Waals surface area contributed by atoms with Gasteiger partial charge < -0.3 is 10.1 Å². The van der Waals surface area contributed by atoms with Crippen LogP contribution < -0.4 is 5.32 Å². The highest BCUT2D eigenvalue weighted by Gasteiger charge is 2.17. The average Bonchev–Trinajstić information content (AvgIpc) is 2.25. The second-order valence-electron chi connectivity index (χ2n) is 4.36. The number of rotatable bonds is 1. The van der Waals surface area contributed by atoms with E-state index in [1.807, 2.05) is 0 Å². The van der Waals surface area contributed by atoms with Gasteiger partial charge in [0.15, 0.2) is 0 Å². The Morgan fingerprint density at radius 2 is 1.87 bits per heavy atom. The summed E-state index contributed by atoms with van der Waals surface area (Å²) in [6.07, 6.45) is 0.234. The zero-order valence-electron chi connectivity index (χ0n) is 9.76. The molecule has 0 amide bonds. The second kappa shape index (κ2) is 4.33. The molecule has 2 nitrogen and oxygen atoms in total. The average molecular weight is 205 g/mol. The van der Waals surface area contributed by atoms with Crippen molar-refractivity contribution in [2.75, 3.05) is 19.7 Å². The fourth-order valence-electron chi connectivity index (χ4n) is 2.09. The topological polar surface area (TPSA) is 21.3 Å². The molecule has 0 aromatic heterocycles. The molecule has 0 bridgehead atoms. The number of nitrogens with one attached hydrogen (secondary N) is 1. The third-order valence-electron chi connectivity index (χ3n) is 3.16. The quantitative estimate of drug-likeness (QED) is 0.759. The van der Waals surface area contributed by atoms with Crippen LogP contribution in [0, 0.1) is 20.8 Å². The molecular weight excluding hydrogens is 186 g/mol. The van der Waals surface area contributed by atoms with Gasteiger partial charge in [0.05, 0.1) is 12.7 Å². The monoisotopic (exact) mass is 205 g/mol. The van der Waals surface area contributed by atoms with Crippen LogP contribution in [0.1, 0.15) is 28.4 Å². The van der Waals surface area contributed by atoms with Crippen LogP contribution in [0.4, 0.5) is 0 Å². The summed E-state index contributed by atoms with van der Waals surface area (Å²) in [4.78, 5) is 0. The molecule has 1 fully saturated rings. The van der Waals surface area contributed by atoms with Crippen LogP contribution in [-0.2, 0) is 4.74 Å². The molecule has 1 aliphatic heterocycles. The Hall–Kier alpha value is -0.860. The molecule has 1 saturated heterocycles. The van der Waals surface area contributed by atoms with E-state index in [0.29, 0.717) is 0 Å². The van der Waals surface area contributed by atoms with E-state index < -0.39 is 0 Å². The molecule has 1 aromatic rings. The van der Waals surface area contributed by atoms with Crippen molar-refractivity contribution in [2.45, 2.75) is 26.9 Å². The third kappa shape index (κ3) is 2.21. The van der Waals surface area contributed by atoms with Crippen LogP contribution in [-0.4, -0.2) is 19.7 Å². The van der Waals surface area contributed by atoms with Gasteiger partial charge in [-0.25, -0.2) is 0 Å². The summed E-state index contributed by atoms with van der Waals surface area (Å²) in [6.45, 7) is 9.21. The van der Waals surface area contributed by atoms with Crippen molar-refractivity contribution in [2.24, 2.45) is 0 Å². The van der Waals surface area contributed by atoms with Gasteiger partial charge in [-0.15, -0.1) is 0 Å². The van der Waals surface area contributed by atoms with Crippen LogP contribution in [0.5, 0.6) is 0 Å². The van der Waals surface area contributed by atoms with Crippen molar-refractivity contribution in [1.29, 1.82) is 0 Å². The lowest BCUT2D eigenvalue weighted by Crippen LogP contribution is -2.33. The molecule has 0 radical (unpaired) electrons. The third-order valence-corrected chi connectivity index (χ3v) is 3.16. The highest BCUT2D eigenvalue weighted by Crippen LogP contribution is 2.25. The lowest BCUT2D eigenvalue weighted by molar-refractivity contribution is 0.0273. The number of morpholine rings is 1. The molecule has 0 spiro atoms. The minimum Gasteiger partial charge on any atom is -0.371 e. The van der Waals surface area contributed by atoms with Crippen molar-refractivity contribution < 1.29 is 4.74 Å². The lowest BCUT2D eigenvalue weighted by Gasteiger charge is -2.26. The number of benzene rings is 1. The van der Waals surface area contributed by atoms with E-state index >= 15 is 0 Å². The van der Waals surface area contributed by atoms with Gasteiger partial charge in [0.2, 0.25) is 0 Å². The van der Waals surface area contributed by atoms with Crippen LogP contribution in [0.2, 0.25) is 0 Å². The van der Waals surface area contributed by atoms with E-state index in [9.17, 15) is 0 Å². The molecule has 2 heteroatoms. The van der Waals surface area contributed by atoms with E-state index in [2.05, 4.69) is 38.2 Å². The summed E-state index contributed by atoms with van der Waals surface area (Å²) in [5.41, 5.74) is 5.39. The smallest absolute Gasteiger partial charge is 0.0952 e. The van der Waals surface area contributed by atoms with Gasteiger partial charge in [0.25, 0.3) is 0 Å². The molecule has 1 unspecified atom stereocenters. The molecule has 1 N–H and O–H groups in total. The Labute approximate surface area is 91.6 Å². The Balaban J connectivity index is 2.30. The fraction of sp³-hybridized carbons (Fsp3) is 0.538. The van der Waals surface area contributed by atoms with Gasteiger partial charge >= 0.3 is 0 Å². The standard InChI is InChI=1S/C13H19NO/c1-9-6-11(3)12(7-10(9)2)13-8-14-4-5-15-13/h6-7,13-14H,4-5,8H2,1-3H3. The molecule has 1 heterocycles. The Bertz CT molecular complexity index is 354. The summed E-state index contributed by atoms with van der Waals surface area (Å²) in [5, 5.41) is 3.37. The van der Waals surface area contributed by atoms with Crippen molar-refractivity contribution in [3.8, 4) is 0 Å². The van der Waals surface area contributed by atoms with Gasteiger partial charge in [-0.3, -0.25) is 0 Å². The highest BCUT2D eigenvalue weighted by atomic mass is 16.5. The predicted molar refractivity (Wildman–Crippen MR) is 62.2 cm³/mol. The second-order valence-corrected chi connectivity index (χ2v) is 4.36. The number of ether oxygens (including phenoxy) is 1. The summed E-state index contributed by atoms with van der Waals surface area (Å²) in [7, 11) is 0. The summed E-state index contributed by atoms with van der Waals surface area (Å²) >= 11 is 0. The maximum absolute atomic E-state index is 5.78. The molecule has 2 rings (SSSR count). The van der Waals surface area contributed by atoms with E-state index in [-0.39, 0.29) is 6.10 Å². The first-order valence-electron chi connectivity index (χ1n) is 5.58. The normalized spacial score (nSPS) is 21.7. The predicted octanol–water partition coefficient (Wildman–Crippen LogP) is 2.27. The van der Waals surface area contributed by atoms with Crippen LogP contribution >= 0.6 is 0 Å². The largest absolute Gasteiger partial charge is 0.371 e. The van der Waals surface area contributed by atoms with E-state index in [0.717, 1.165) is 19.7 Å². The summed E-state index contributed by atoms with van der Waals surface area (Å²) in [5.74, 6) is 0. The number of hydrogen-bond donors (Lipinski definition) is 1. The number of hydrogen-bond acceptors (Lipinski definition) is 2. The Kier molecular flexibility index (Phi) is 3.08. The first-order chi connectivity index (χ1) is 7.18. The van der Waals surface area contributed by atoms with Gasteiger partial charge in [-0.1, -0.05) is 12.1 Å². The van der Waals surface area contributed by atoms with Gasteiger partial charge in [0.1, 0.15) is 0 Å². The van der Waals surface area contributed by atoms with Gasteiger partial charge in [-0.05, 0) is 43.0 Å². The lowest BCUT2D eigenvalue weighted by atomic mass is 9.97. The minimum atomic E-state index is 0.234. The van der Waals surface area contributed by atoms with Gasteiger partial charge in [0, 0.05) is 13.1 Å². The molecule has 1 atom stereocenters. The van der Waals surface area contributed by atoms with Crippen molar-refractivity contribution in [3.05, 3.63) is 34.4 Å². The first kappa shape index (κ1) is 10.7. The van der Waals surface area contributed by atoms with Crippen LogP contribution in [0.25, 0.3) is 0 Å². The SMILES string of the molecule is Cc1cc(C)c(C2CNCCO2)cc1C. The molecule has 1 aromatic carbocycles. The van der Waals surface area contributed by atoms with Crippen LogP contribution in [0.3, 0.4) is 0 Å². The maximum atomic E-state index is 5.78. The van der Waals surface area contributed by atoms with Crippen LogP contribution in [0.15, 0.2) is 12.1 Å². The zero-order chi connectivity index (χ0) is 10.8. The van der Waals surface area contributed by atoms with E-state index in [1.165, 1.54) is 22.3 Å². The van der Waals surface area contributed by atoms with Crippen molar-refractivity contribution in [3.63, 3.8) is 0 Å². The molecular formula is C13H19NO. The van der Waals surface area contributed by atoms with E-state index in [4.69, 9.17) is 4.74 Å². The first-order valence-corrected chi connectivity index (χ1v) is 5.58. The summed E-state index contributed by atoms with van der Waals surface area (Å²) in [6, 6.07) is 4.52. The maximum Gasteiger partial charge on any atom is 0.0952 e. The van der Waals surface area contributed by atoms with E-state index in [1.54, 1.807) is 0 Å². The molecule has 1 aliphatic rings. The minimum absolute atomic E-state index is 0.234. The Morgan fingerprint density at radius 1 is 1.13 bits per heavy atom. The Morgan fingerprint density at radius 3 is 2.53 bits per heavy atom.